The molecule has 1 aliphatic heterocycles. The first kappa shape index (κ1) is 18.5. The van der Waals surface area contributed by atoms with Gasteiger partial charge in [-0.05, 0) is 45.0 Å². The van der Waals surface area contributed by atoms with Crippen LogP contribution in [0.2, 0.25) is 0 Å². The fraction of sp³-hybridized carbons (Fsp3) is 0.333. The molecule has 26 heavy (non-hydrogen) atoms. The van der Waals surface area contributed by atoms with E-state index in [-0.39, 0.29) is 29.7 Å². The van der Waals surface area contributed by atoms with Crippen LogP contribution in [0, 0.1) is 5.92 Å². The number of hydrogen-bond acceptors (Lipinski definition) is 3. The summed E-state index contributed by atoms with van der Waals surface area (Å²) in [5, 5.41) is 3.03. The average molecular weight is 369 g/mol. The molecule has 4 nitrogen and oxygen atoms in total. The summed E-state index contributed by atoms with van der Waals surface area (Å²) in [6.07, 6.45) is 0.275. The van der Waals surface area contributed by atoms with Gasteiger partial charge in [-0.2, -0.15) is 0 Å². The topological polar surface area (TPSA) is 49.4 Å². The summed E-state index contributed by atoms with van der Waals surface area (Å²) in [5.41, 5.74) is 0.528. The number of nitrogens with zero attached hydrogens (tertiary/aromatic N) is 1. The number of nitrogens with one attached hydrogen (secondary N) is 1. The number of amides is 2. The molecule has 3 rings (SSSR count). The van der Waals surface area contributed by atoms with Crippen molar-refractivity contribution in [2.24, 2.45) is 5.92 Å². The summed E-state index contributed by atoms with van der Waals surface area (Å²) in [6.45, 7) is 6.47. The number of hydrogen-bond donors (Lipinski definition) is 1. The molecule has 0 saturated carbocycles. The fourth-order valence-electron chi connectivity index (χ4n) is 3.04. The number of benzene rings is 2. The van der Waals surface area contributed by atoms with Crippen molar-refractivity contribution in [2.45, 2.75) is 42.5 Å². The van der Waals surface area contributed by atoms with E-state index >= 15 is 0 Å². The number of anilines is 1. The first-order valence-electron chi connectivity index (χ1n) is 8.78. The molecule has 0 radical (unpaired) electrons. The van der Waals surface area contributed by atoms with Gasteiger partial charge in [-0.25, -0.2) is 0 Å². The Bertz CT molecular complexity index is 799. The molecular formula is C21H24N2O2S. The molecule has 5 heteroatoms. The fourth-order valence-corrected chi connectivity index (χ4v) is 3.96. The lowest BCUT2D eigenvalue weighted by Crippen LogP contribution is -2.42. The molecule has 1 unspecified atom stereocenters. The van der Waals surface area contributed by atoms with Gasteiger partial charge in [0.25, 0.3) is 0 Å². The second-order valence-electron chi connectivity index (χ2n) is 7.48. The summed E-state index contributed by atoms with van der Waals surface area (Å²) in [6, 6.07) is 17.8. The summed E-state index contributed by atoms with van der Waals surface area (Å²) >= 11 is 1.61. The van der Waals surface area contributed by atoms with E-state index in [0.29, 0.717) is 6.54 Å². The predicted molar refractivity (Wildman–Crippen MR) is 105 cm³/mol. The van der Waals surface area contributed by atoms with Gasteiger partial charge in [0.1, 0.15) is 0 Å². The SMILES string of the molecule is CC(C)(C)N1CC(C(=O)Nc2ccccc2Sc2ccccc2)CC1=O. The third-order valence-corrected chi connectivity index (χ3v) is 5.51. The molecule has 0 spiro atoms. The van der Waals surface area contributed by atoms with Crippen LogP contribution in [0.3, 0.4) is 0 Å². The molecule has 1 N–H and O–H groups in total. The van der Waals surface area contributed by atoms with Crippen molar-refractivity contribution in [3.8, 4) is 0 Å². The first-order valence-corrected chi connectivity index (χ1v) is 9.59. The van der Waals surface area contributed by atoms with Crippen molar-refractivity contribution < 1.29 is 9.59 Å². The Morgan fingerprint density at radius 2 is 1.73 bits per heavy atom. The molecule has 0 aliphatic carbocycles. The van der Waals surface area contributed by atoms with Crippen molar-refractivity contribution in [3.05, 3.63) is 54.6 Å². The summed E-state index contributed by atoms with van der Waals surface area (Å²) < 4.78 is 0. The van der Waals surface area contributed by atoms with Crippen LogP contribution >= 0.6 is 11.8 Å². The largest absolute Gasteiger partial charge is 0.337 e. The van der Waals surface area contributed by atoms with Crippen LogP contribution in [-0.4, -0.2) is 28.8 Å². The third kappa shape index (κ3) is 4.28. The van der Waals surface area contributed by atoms with Gasteiger partial charge >= 0.3 is 0 Å². The minimum absolute atomic E-state index is 0.0459. The van der Waals surface area contributed by atoms with Gasteiger partial charge in [-0.1, -0.05) is 42.1 Å². The molecule has 136 valence electrons. The predicted octanol–water partition coefficient (Wildman–Crippen LogP) is 4.42. The van der Waals surface area contributed by atoms with E-state index in [1.807, 2.05) is 75.4 Å². The van der Waals surface area contributed by atoms with Crippen LogP contribution in [0.4, 0.5) is 5.69 Å². The lowest BCUT2D eigenvalue weighted by molar-refractivity contribution is -0.131. The Morgan fingerprint density at radius 3 is 2.38 bits per heavy atom. The maximum absolute atomic E-state index is 12.7. The average Bonchev–Trinajstić information content (AvgIpc) is 3.00. The lowest BCUT2D eigenvalue weighted by Gasteiger charge is -2.31. The molecule has 1 saturated heterocycles. The van der Waals surface area contributed by atoms with Crippen molar-refractivity contribution in [1.82, 2.24) is 4.90 Å². The monoisotopic (exact) mass is 368 g/mol. The normalized spacial score (nSPS) is 17.4. The zero-order chi connectivity index (χ0) is 18.7. The van der Waals surface area contributed by atoms with E-state index < -0.39 is 0 Å². The second kappa shape index (κ2) is 7.54. The summed E-state index contributed by atoms with van der Waals surface area (Å²) in [7, 11) is 0. The van der Waals surface area contributed by atoms with Crippen LogP contribution in [-0.2, 0) is 9.59 Å². The van der Waals surface area contributed by atoms with Gasteiger partial charge in [-0.15, -0.1) is 0 Å². The minimum atomic E-state index is -0.309. The number of carbonyl (C=O) groups is 2. The van der Waals surface area contributed by atoms with E-state index in [4.69, 9.17) is 0 Å². The van der Waals surface area contributed by atoms with Gasteiger partial charge in [-0.3, -0.25) is 9.59 Å². The Hall–Kier alpha value is -2.27. The van der Waals surface area contributed by atoms with E-state index in [2.05, 4.69) is 5.32 Å². The molecule has 1 heterocycles. The Labute approximate surface area is 159 Å². The summed E-state index contributed by atoms with van der Waals surface area (Å²) in [5.74, 6) is -0.354. The van der Waals surface area contributed by atoms with Crippen LogP contribution < -0.4 is 5.32 Å². The van der Waals surface area contributed by atoms with Crippen molar-refractivity contribution in [2.75, 3.05) is 11.9 Å². The molecule has 0 bridgehead atoms. The first-order chi connectivity index (χ1) is 12.3. The second-order valence-corrected chi connectivity index (χ2v) is 8.59. The highest BCUT2D eigenvalue weighted by Gasteiger charge is 2.39. The zero-order valence-electron chi connectivity index (χ0n) is 15.4. The standard InChI is InChI=1S/C21H24N2O2S/c1-21(2,3)23-14-15(13-19(23)24)20(25)22-17-11-7-8-12-18(17)26-16-9-5-4-6-10-16/h4-12,15H,13-14H2,1-3H3,(H,22,25). The molecule has 2 aromatic carbocycles. The van der Waals surface area contributed by atoms with Crippen LogP contribution in [0.1, 0.15) is 27.2 Å². The van der Waals surface area contributed by atoms with Crippen molar-refractivity contribution in [3.63, 3.8) is 0 Å². The number of likely N-dealkylation sites (tertiary alicyclic amines) is 1. The van der Waals surface area contributed by atoms with Gasteiger partial charge < -0.3 is 10.2 Å². The summed E-state index contributed by atoms with van der Waals surface area (Å²) in [4.78, 5) is 28.9. The van der Waals surface area contributed by atoms with Gasteiger partial charge in [0.2, 0.25) is 11.8 Å². The minimum Gasteiger partial charge on any atom is -0.337 e. The molecule has 2 amide bonds. The molecule has 2 aromatic rings. The van der Waals surface area contributed by atoms with E-state index in [1.54, 1.807) is 16.7 Å². The molecule has 1 atom stereocenters. The van der Waals surface area contributed by atoms with E-state index in [9.17, 15) is 9.59 Å². The number of rotatable bonds is 4. The van der Waals surface area contributed by atoms with E-state index in [1.165, 1.54) is 0 Å². The highest BCUT2D eigenvalue weighted by molar-refractivity contribution is 7.99. The molecule has 0 aromatic heterocycles. The number of carbonyl (C=O) groups excluding carboxylic acids is 2. The van der Waals surface area contributed by atoms with Crippen LogP contribution in [0.15, 0.2) is 64.4 Å². The van der Waals surface area contributed by atoms with Gasteiger partial charge in [0, 0.05) is 28.3 Å². The number of para-hydroxylation sites is 1. The smallest absolute Gasteiger partial charge is 0.229 e. The van der Waals surface area contributed by atoms with Gasteiger partial charge in [0.05, 0.1) is 11.6 Å². The zero-order valence-corrected chi connectivity index (χ0v) is 16.2. The Balaban J connectivity index is 1.72. The lowest BCUT2D eigenvalue weighted by atomic mass is 10.1. The highest BCUT2D eigenvalue weighted by atomic mass is 32.2. The third-order valence-electron chi connectivity index (χ3n) is 4.42. The van der Waals surface area contributed by atoms with Crippen LogP contribution in [0.5, 0.6) is 0 Å². The quantitative estimate of drug-likeness (QED) is 0.869. The van der Waals surface area contributed by atoms with E-state index in [0.717, 1.165) is 15.5 Å². The maximum atomic E-state index is 12.7. The Morgan fingerprint density at radius 1 is 1.08 bits per heavy atom. The molecular weight excluding hydrogens is 344 g/mol. The van der Waals surface area contributed by atoms with Crippen molar-refractivity contribution in [1.29, 1.82) is 0 Å². The maximum Gasteiger partial charge on any atom is 0.229 e. The highest BCUT2D eigenvalue weighted by Crippen LogP contribution is 2.34. The van der Waals surface area contributed by atoms with Crippen LogP contribution in [0.25, 0.3) is 0 Å². The van der Waals surface area contributed by atoms with Crippen molar-refractivity contribution >= 4 is 29.3 Å². The molecule has 1 aliphatic rings. The van der Waals surface area contributed by atoms with Gasteiger partial charge in [0.15, 0.2) is 0 Å². The molecule has 1 fully saturated rings. The Kier molecular flexibility index (Phi) is 5.37.